The van der Waals surface area contributed by atoms with Crippen molar-refractivity contribution in [3.05, 3.63) is 82.3 Å². The number of nitrogens with one attached hydrogen (secondary N) is 1. The molecule has 0 saturated heterocycles. The first-order valence-corrected chi connectivity index (χ1v) is 11.1. The Balaban J connectivity index is 1.45. The maximum atomic E-state index is 12.7. The fraction of sp³-hybridized carbons (Fsp3) is 0.250. The van der Waals surface area contributed by atoms with Gasteiger partial charge in [0.05, 0.1) is 22.3 Å². The first-order valence-electron chi connectivity index (χ1n) is 10.3. The second kappa shape index (κ2) is 9.32. The number of carbonyl (C=O) groups excluding carboxylic acids is 2. The maximum absolute atomic E-state index is 12.7. The Labute approximate surface area is 188 Å². The van der Waals surface area contributed by atoms with Gasteiger partial charge < -0.3 is 10.1 Å². The number of rotatable bonds is 7. The number of ether oxygens (including phenoxy) is 1. The summed E-state index contributed by atoms with van der Waals surface area (Å²) in [5.74, 6) is -0.972. The van der Waals surface area contributed by atoms with Crippen molar-refractivity contribution < 1.29 is 14.3 Å². The second-order valence-electron chi connectivity index (χ2n) is 7.83. The van der Waals surface area contributed by atoms with Gasteiger partial charge in [-0.3, -0.25) is 14.0 Å². The van der Waals surface area contributed by atoms with Crippen LogP contribution in [0.5, 0.6) is 0 Å². The Bertz CT molecular complexity index is 1330. The fourth-order valence-electron chi connectivity index (χ4n) is 3.44. The number of carbonyl (C=O) groups is 2. The minimum Gasteiger partial charge on any atom is -0.458 e. The van der Waals surface area contributed by atoms with Crippen LogP contribution in [0.4, 0.5) is 0 Å². The van der Waals surface area contributed by atoms with Crippen LogP contribution < -0.4 is 10.9 Å². The van der Waals surface area contributed by atoms with Crippen LogP contribution >= 0.6 is 11.3 Å². The summed E-state index contributed by atoms with van der Waals surface area (Å²) in [6.07, 6.45) is 0.179. The molecule has 1 N–H and O–H groups in total. The van der Waals surface area contributed by atoms with Crippen LogP contribution in [0.3, 0.4) is 0 Å². The molecule has 0 fully saturated rings. The molecular weight excluding hydrogens is 426 g/mol. The van der Waals surface area contributed by atoms with E-state index in [1.54, 1.807) is 4.40 Å². The first kappa shape index (κ1) is 21.7. The zero-order chi connectivity index (χ0) is 22.7. The molecule has 2 aromatic carbocycles. The minimum absolute atomic E-state index is 0.142. The Kier molecular flexibility index (Phi) is 6.32. The average molecular weight is 450 g/mol. The number of nitrogens with zero attached hydrogens (tertiary/aromatic N) is 2. The zero-order valence-corrected chi connectivity index (χ0v) is 18.6. The predicted molar refractivity (Wildman–Crippen MR) is 124 cm³/mol. The molecule has 1 amide bonds. The summed E-state index contributed by atoms with van der Waals surface area (Å²) in [7, 11) is 0. The molecule has 0 radical (unpaired) electrons. The lowest BCUT2D eigenvalue weighted by Crippen LogP contribution is -2.45. The van der Waals surface area contributed by atoms with E-state index in [2.05, 4.69) is 10.3 Å². The highest BCUT2D eigenvalue weighted by molar-refractivity contribution is 7.23. The smallest absolute Gasteiger partial charge is 0.329 e. The number of aromatic nitrogens is 2. The Morgan fingerprint density at radius 3 is 2.56 bits per heavy atom. The van der Waals surface area contributed by atoms with Gasteiger partial charge in [-0.25, -0.2) is 9.78 Å². The highest BCUT2D eigenvalue weighted by atomic mass is 32.1. The van der Waals surface area contributed by atoms with Gasteiger partial charge in [-0.15, -0.1) is 0 Å². The second-order valence-corrected chi connectivity index (χ2v) is 8.84. The molecule has 4 aromatic rings. The SMILES string of the molecule is CC(C)[C@H](NC(=O)Cc1ccccc1)C(=O)OCc1cc(=O)n2c(n1)sc1ccccc12. The first-order chi connectivity index (χ1) is 15.4. The van der Waals surface area contributed by atoms with Gasteiger partial charge in [0.25, 0.3) is 5.56 Å². The van der Waals surface area contributed by atoms with E-state index in [-0.39, 0.29) is 30.4 Å². The van der Waals surface area contributed by atoms with Crippen LogP contribution in [0, 0.1) is 5.92 Å². The van der Waals surface area contributed by atoms with Crippen molar-refractivity contribution in [3.63, 3.8) is 0 Å². The lowest BCUT2D eigenvalue weighted by Gasteiger charge is -2.20. The monoisotopic (exact) mass is 449 g/mol. The molecule has 32 heavy (non-hydrogen) atoms. The molecule has 1 atom stereocenters. The molecule has 8 heteroatoms. The molecular formula is C24H23N3O4S. The molecule has 164 valence electrons. The van der Waals surface area contributed by atoms with Gasteiger partial charge >= 0.3 is 5.97 Å². The standard InChI is InChI=1S/C24H23N3O4S/c1-15(2)22(26-20(28)12-16-8-4-3-5-9-16)23(30)31-14-17-13-21(29)27-18-10-6-7-11-19(18)32-24(27)25-17/h3-11,13,15,22H,12,14H2,1-2H3,(H,26,28)/t22-/m0/s1. The number of hydrogen-bond donors (Lipinski definition) is 1. The van der Waals surface area contributed by atoms with Crippen molar-refractivity contribution in [2.24, 2.45) is 5.92 Å². The number of esters is 1. The number of benzene rings is 2. The van der Waals surface area contributed by atoms with E-state index >= 15 is 0 Å². The molecule has 0 saturated carbocycles. The van der Waals surface area contributed by atoms with Gasteiger partial charge in [0.15, 0.2) is 4.96 Å². The molecule has 0 aliphatic carbocycles. The summed E-state index contributed by atoms with van der Waals surface area (Å²) in [6.45, 7) is 3.53. The van der Waals surface area contributed by atoms with E-state index in [9.17, 15) is 14.4 Å². The number of fused-ring (bicyclic) bond motifs is 3. The van der Waals surface area contributed by atoms with E-state index < -0.39 is 12.0 Å². The van der Waals surface area contributed by atoms with E-state index in [4.69, 9.17) is 4.74 Å². The summed E-state index contributed by atoms with van der Waals surface area (Å²) >= 11 is 1.40. The average Bonchev–Trinajstić information content (AvgIpc) is 3.15. The zero-order valence-electron chi connectivity index (χ0n) is 17.8. The Hall–Kier alpha value is -3.52. The maximum Gasteiger partial charge on any atom is 0.329 e. The molecule has 0 unspecified atom stereocenters. The van der Waals surface area contributed by atoms with Gasteiger partial charge in [0.1, 0.15) is 12.6 Å². The molecule has 0 spiro atoms. The topological polar surface area (TPSA) is 89.8 Å². The Morgan fingerprint density at radius 1 is 1.09 bits per heavy atom. The summed E-state index contributed by atoms with van der Waals surface area (Å²) in [6, 6.07) is 17.5. The van der Waals surface area contributed by atoms with Gasteiger partial charge in [-0.2, -0.15) is 0 Å². The van der Waals surface area contributed by atoms with Crippen molar-refractivity contribution in [3.8, 4) is 0 Å². The molecule has 4 rings (SSSR count). The van der Waals surface area contributed by atoms with Crippen molar-refractivity contribution in [1.29, 1.82) is 0 Å². The molecule has 0 bridgehead atoms. The van der Waals surface area contributed by atoms with Crippen LogP contribution in [-0.4, -0.2) is 27.3 Å². The number of hydrogen-bond acceptors (Lipinski definition) is 6. The third-order valence-electron chi connectivity index (χ3n) is 5.06. The lowest BCUT2D eigenvalue weighted by atomic mass is 10.0. The van der Waals surface area contributed by atoms with Crippen LogP contribution in [0.25, 0.3) is 15.2 Å². The lowest BCUT2D eigenvalue weighted by molar-refractivity contribution is -0.150. The summed E-state index contributed by atoms with van der Waals surface area (Å²) < 4.78 is 7.92. The van der Waals surface area contributed by atoms with Gasteiger partial charge in [-0.1, -0.05) is 67.6 Å². The van der Waals surface area contributed by atoms with Crippen LogP contribution in [-0.2, 0) is 27.4 Å². The fourth-order valence-corrected chi connectivity index (χ4v) is 4.49. The van der Waals surface area contributed by atoms with Gasteiger partial charge in [0, 0.05) is 6.07 Å². The summed E-state index contributed by atoms with van der Waals surface area (Å²) in [4.78, 5) is 42.7. The van der Waals surface area contributed by atoms with E-state index in [0.717, 1.165) is 15.8 Å². The van der Waals surface area contributed by atoms with Crippen molar-refractivity contribution in [2.45, 2.75) is 32.9 Å². The molecule has 0 aliphatic rings. The molecule has 7 nitrogen and oxygen atoms in total. The largest absolute Gasteiger partial charge is 0.458 e. The summed E-state index contributed by atoms with van der Waals surface area (Å²) in [5, 5.41) is 2.76. The van der Waals surface area contributed by atoms with Crippen molar-refractivity contribution in [2.75, 3.05) is 0 Å². The van der Waals surface area contributed by atoms with Gasteiger partial charge in [-0.05, 0) is 23.6 Å². The van der Waals surface area contributed by atoms with E-state index in [1.807, 2.05) is 68.4 Å². The predicted octanol–water partition coefficient (Wildman–Crippen LogP) is 3.34. The highest BCUT2D eigenvalue weighted by Gasteiger charge is 2.26. The third kappa shape index (κ3) is 4.70. The van der Waals surface area contributed by atoms with Crippen LogP contribution in [0.15, 0.2) is 65.5 Å². The van der Waals surface area contributed by atoms with Crippen molar-refractivity contribution in [1.82, 2.24) is 14.7 Å². The summed E-state index contributed by atoms with van der Waals surface area (Å²) in [5.41, 5.74) is 1.81. The molecule has 2 aromatic heterocycles. The third-order valence-corrected chi connectivity index (χ3v) is 6.08. The normalized spacial score (nSPS) is 12.2. The van der Waals surface area contributed by atoms with Crippen LogP contribution in [0.2, 0.25) is 0 Å². The quantitative estimate of drug-likeness (QED) is 0.437. The van der Waals surface area contributed by atoms with Crippen molar-refractivity contribution >= 4 is 38.4 Å². The Morgan fingerprint density at radius 2 is 1.81 bits per heavy atom. The number of para-hydroxylation sites is 1. The van der Waals surface area contributed by atoms with Crippen LogP contribution in [0.1, 0.15) is 25.1 Å². The number of amides is 1. The molecule has 0 aliphatic heterocycles. The van der Waals surface area contributed by atoms with E-state index in [1.165, 1.54) is 17.4 Å². The van der Waals surface area contributed by atoms with E-state index in [0.29, 0.717) is 10.7 Å². The minimum atomic E-state index is -0.791. The number of thiazole rings is 1. The molecule has 2 heterocycles. The van der Waals surface area contributed by atoms with Gasteiger partial charge in [0.2, 0.25) is 5.91 Å². The highest BCUT2D eigenvalue weighted by Crippen LogP contribution is 2.23.